The van der Waals surface area contributed by atoms with Crippen molar-refractivity contribution in [2.75, 3.05) is 20.1 Å². The van der Waals surface area contributed by atoms with Crippen LogP contribution in [0.5, 0.6) is 0 Å². The molecule has 0 saturated carbocycles. The SMILES string of the molecule is CC1CCC(CNC(=O)N(C)CC(C)C(=O)O)O1. The van der Waals surface area contributed by atoms with Gasteiger partial charge in [0.2, 0.25) is 0 Å². The fourth-order valence-electron chi connectivity index (χ4n) is 1.94. The highest BCUT2D eigenvalue weighted by molar-refractivity contribution is 5.75. The standard InChI is InChI=1S/C12H22N2O4/c1-8(11(15)16)7-14(3)12(17)13-6-10-5-4-9(2)18-10/h8-10H,4-7H2,1-3H3,(H,13,17)(H,15,16). The smallest absolute Gasteiger partial charge is 0.317 e. The Balaban J connectivity index is 2.25. The van der Waals surface area contributed by atoms with Gasteiger partial charge in [-0.15, -0.1) is 0 Å². The van der Waals surface area contributed by atoms with Crippen LogP contribution >= 0.6 is 0 Å². The van der Waals surface area contributed by atoms with Gasteiger partial charge in [0, 0.05) is 20.1 Å². The molecule has 3 unspecified atom stereocenters. The molecule has 0 aliphatic carbocycles. The molecule has 6 nitrogen and oxygen atoms in total. The third-order valence-electron chi connectivity index (χ3n) is 3.12. The van der Waals surface area contributed by atoms with E-state index in [4.69, 9.17) is 9.84 Å². The molecule has 0 spiro atoms. The fraction of sp³-hybridized carbons (Fsp3) is 0.833. The number of carboxylic acids is 1. The van der Waals surface area contributed by atoms with Crippen LogP contribution in [0, 0.1) is 5.92 Å². The lowest BCUT2D eigenvalue weighted by atomic mass is 10.2. The van der Waals surface area contributed by atoms with Gasteiger partial charge in [-0.2, -0.15) is 0 Å². The van der Waals surface area contributed by atoms with E-state index >= 15 is 0 Å². The van der Waals surface area contributed by atoms with Crippen molar-refractivity contribution in [1.29, 1.82) is 0 Å². The van der Waals surface area contributed by atoms with Crippen molar-refractivity contribution in [3.05, 3.63) is 0 Å². The van der Waals surface area contributed by atoms with Gasteiger partial charge < -0.3 is 20.1 Å². The van der Waals surface area contributed by atoms with Crippen molar-refractivity contribution in [3.63, 3.8) is 0 Å². The quantitative estimate of drug-likeness (QED) is 0.768. The Hall–Kier alpha value is -1.30. The third-order valence-corrected chi connectivity index (χ3v) is 3.12. The second-order valence-electron chi connectivity index (χ2n) is 4.95. The van der Waals surface area contributed by atoms with Crippen LogP contribution in [-0.4, -0.2) is 54.4 Å². The monoisotopic (exact) mass is 258 g/mol. The van der Waals surface area contributed by atoms with Gasteiger partial charge in [0.15, 0.2) is 0 Å². The van der Waals surface area contributed by atoms with Gasteiger partial charge in [-0.1, -0.05) is 6.92 Å². The number of nitrogens with one attached hydrogen (secondary N) is 1. The summed E-state index contributed by atoms with van der Waals surface area (Å²) in [5.74, 6) is -1.47. The number of amides is 2. The summed E-state index contributed by atoms with van der Waals surface area (Å²) >= 11 is 0. The molecule has 2 N–H and O–H groups in total. The second kappa shape index (κ2) is 6.58. The number of hydrogen-bond donors (Lipinski definition) is 2. The zero-order valence-electron chi connectivity index (χ0n) is 11.2. The Labute approximate surface area is 107 Å². The maximum atomic E-state index is 11.7. The maximum absolute atomic E-state index is 11.7. The zero-order valence-corrected chi connectivity index (χ0v) is 11.2. The van der Waals surface area contributed by atoms with Crippen molar-refractivity contribution < 1.29 is 19.4 Å². The van der Waals surface area contributed by atoms with Crippen molar-refractivity contribution in [2.24, 2.45) is 5.92 Å². The summed E-state index contributed by atoms with van der Waals surface area (Å²) in [5.41, 5.74) is 0. The largest absolute Gasteiger partial charge is 0.481 e. The lowest BCUT2D eigenvalue weighted by molar-refractivity contribution is -0.141. The summed E-state index contributed by atoms with van der Waals surface area (Å²) in [5, 5.41) is 11.5. The predicted molar refractivity (Wildman–Crippen MR) is 66.4 cm³/mol. The highest BCUT2D eigenvalue weighted by Crippen LogP contribution is 2.18. The van der Waals surface area contributed by atoms with Crippen LogP contribution in [0.3, 0.4) is 0 Å². The first-order chi connectivity index (χ1) is 8.40. The summed E-state index contributed by atoms with van der Waals surface area (Å²) in [6.45, 7) is 4.27. The van der Waals surface area contributed by atoms with Crippen LogP contribution in [0.4, 0.5) is 4.79 Å². The average Bonchev–Trinajstić information content (AvgIpc) is 2.71. The second-order valence-corrected chi connectivity index (χ2v) is 4.95. The van der Waals surface area contributed by atoms with Gasteiger partial charge in [-0.3, -0.25) is 4.79 Å². The maximum Gasteiger partial charge on any atom is 0.317 e. The zero-order chi connectivity index (χ0) is 13.7. The van der Waals surface area contributed by atoms with Crippen molar-refractivity contribution in [3.8, 4) is 0 Å². The first kappa shape index (κ1) is 14.8. The number of rotatable bonds is 5. The molecule has 1 aliphatic heterocycles. The number of urea groups is 1. The molecule has 0 bridgehead atoms. The molecule has 0 radical (unpaired) electrons. The Morgan fingerprint density at radius 3 is 2.67 bits per heavy atom. The Morgan fingerprint density at radius 1 is 1.50 bits per heavy atom. The van der Waals surface area contributed by atoms with E-state index < -0.39 is 11.9 Å². The lowest BCUT2D eigenvalue weighted by Gasteiger charge is -2.21. The van der Waals surface area contributed by atoms with E-state index in [1.54, 1.807) is 14.0 Å². The number of hydrogen-bond acceptors (Lipinski definition) is 3. The summed E-state index contributed by atoms with van der Waals surface area (Å²) in [7, 11) is 1.59. The third kappa shape index (κ3) is 4.52. The molecule has 18 heavy (non-hydrogen) atoms. The minimum atomic E-state index is -0.900. The van der Waals surface area contributed by atoms with Crippen molar-refractivity contribution >= 4 is 12.0 Å². The van der Waals surface area contributed by atoms with Gasteiger partial charge >= 0.3 is 12.0 Å². The fourth-order valence-corrected chi connectivity index (χ4v) is 1.94. The number of aliphatic carboxylic acids is 1. The molecule has 0 aromatic rings. The Kier molecular flexibility index (Phi) is 5.40. The summed E-state index contributed by atoms with van der Waals surface area (Å²) < 4.78 is 5.58. The van der Waals surface area contributed by atoms with E-state index in [2.05, 4.69) is 5.32 Å². The lowest BCUT2D eigenvalue weighted by Crippen LogP contribution is -2.43. The number of nitrogens with zero attached hydrogens (tertiary/aromatic N) is 1. The molecule has 0 aromatic heterocycles. The minimum Gasteiger partial charge on any atom is -0.481 e. The van der Waals surface area contributed by atoms with E-state index in [1.807, 2.05) is 6.92 Å². The molecule has 2 amide bonds. The first-order valence-corrected chi connectivity index (χ1v) is 6.27. The van der Waals surface area contributed by atoms with Crippen molar-refractivity contribution in [2.45, 2.75) is 38.9 Å². The summed E-state index contributed by atoms with van der Waals surface area (Å²) in [6.07, 6.45) is 2.31. The van der Waals surface area contributed by atoms with Crippen LogP contribution in [0.1, 0.15) is 26.7 Å². The number of carboxylic acid groups (broad SMARTS) is 1. The van der Waals surface area contributed by atoms with E-state index in [9.17, 15) is 9.59 Å². The Morgan fingerprint density at radius 2 is 2.17 bits per heavy atom. The highest BCUT2D eigenvalue weighted by atomic mass is 16.5. The molecule has 1 rings (SSSR count). The number of carbonyl (C=O) groups is 2. The van der Waals surface area contributed by atoms with Crippen LogP contribution in [0.15, 0.2) is 0 Å². The van der Waals surface area contributed by atoms with Gasteiger partial charge in [-0.25, -0.2) is 4.79 Å². The molecular weight excluding hydrogens is 236 g/mol. The average molecular weight is 258 g/mol. The van der Waals surface area contributed by atoms with Crippen LogP contribution < -0.4 is 5.32 Å². The molecular formula is C12H22N2O4. The first-order valence-electron chi connectivity index (χ1n) is 6.27. The molecule has 1 heterocycles. The molecule has 104 valence electrons. The molecule has 1 fully saturated rings. The van der Waals surface area contributed by atoms with Crippen LogP contribution in [0.25, 0.3) is 0 Å². The molecule has 6 heteroatoms. The van der Waals surface area contributed by atoms with Crippen molar-refractivity contribution in [1.82, 2.24) is 10.2 Å². The van der Waals surface area contributed by atoms with E-state index in [0.29, 0.717) is 6.54 Å². The van der Waals surface area contributed by atoms with E-state index in [0.717, 1.165) is 12.8 Å². The van der Waals surface area contributed by atoms with Gasteiger partial charge in [0.25, 0.3) is 0 Å². The summed E-state index contributed by atoms with van der Waals surface area (Å²) in [4.78, 5) is 23.8. The van der Waals surface area contributed by atoms with Crippen LogP contribution in [-0.2, 0) is 9.53 Å². The van der Waals surface area contributed by atoms with Gasteiger partial charge in [0.05, 0.1) is 18.1 Å². The van der Waals surface area contributed by atoms with E-state index in [-0.39, 0.29) is 24.8 Å². The topological polar surface area (TPSA) is 78.9 Å². The number of carbonyl (C=O) groups excluding carboxylic acids is 1. The highest BCUT2D eigenvalue weighted by Gasteiger charge is 2.23. The predicted octanol–water partition coefficient (Wildman–Crippen LogP) is 0.916. The van der Waals surface area contributed by atoms with Gasteiger partial charge in [0.1, 0.15) is 0 Å². The molecule has 3 atom stereocenters. The van der Waals surface area contributed by atoms with Crippen LogP contribution in [0.2, 0.25) is 0 Å². The molecule has 1 aliphatic rings. The van der Waals surface area contributed by atoms with Gasteiger partial charge in [-0.05, 0) is 19.8 Å². The Bertz CT molecular complexity index is 308. The summed E-state index contributed by atoms with van der Waals surface area (Å²) in [6, 6.07) is -0.258. The number of ether oxygens (including phenoxy) is 1. The molecule has 0 aromatic carbocycles. The normalized spacial score (nSPS) is 24.6. The minimum absolute atomic E-state index is 0.0780. The molecule has 1 saturated heterocycles. The van der Waals surface area contributed by atoms with E-state index in [1.165, 1.54) is 4.90 Å².